The van der Waals surface area contributed by atoms with Gasteiger partial charge < -0.3 is 15.0 Å². The van der Waals surface area contributed by atoms with Crippen molar-refractivity contribution in [3.05, 3.63) is 96.1 Å². The summed E-state index contributed by atoms with van der Waals surface area (Å²) in [6.07, 6.45) is 7.40. The van der Waals surface area contributed by atoms with Gasteiger partial charge in [-0.15, -0.1) is 0 Å². The first-order chi connectivity index (χ1) is 17.2. The highest BCUT2D eigenvalue weighted by Crippen LogP contribution is 2.27. The van der Waals surface area contributed by atoms with Crippen LogP contribution in [0.5, 0.6) is 0 Å². The predicted molar refractivity (Wildman–Crippen MR) is 134 cm³/mol. The molecule has 2 aromatic carbocycles. The van der Waals surface area contributed by atoms with Gasteiger partial charge in [0.2, 0.25) is 5.91 Å². The Bertz CT molecular complexity index is 1020. The molecule has 2 amide bonds. The van der Waals surface area contributed by atoms with Crippen LogP contribution in [0, 0.1) is 0 Å². The second-order valence-corrected chi connectivity index (χ2v) is 8.74. The summed E-state index contributed by atoms with van der Waals surface area (Å²) >= 11 is 0. The van der Waals surface area contributed by atoms with E-state index in [9.17, 15) is 9.59 Å². The van der Waals surface area contributed by atoms with Crippen molar-refractivity contribution in [1.29, 1.82) is 0 Å². The summed E-state index contributed by atoms with van der Waals surface area (Å²) in [5, 5.41) is 3.04. The average Bonchev–Trinajstić information content (AvgIpc) is 3.43. The monoisotopic (exact) mass is 472 g/mol. The summed E-state index contributed by atoms with van der Waals surface area (Å²) in [5.74, 6) is -0.101. The van der Waals surface area contributed by atoms with Gasteiger partial charge in [0.05, 0.1) is 12.3 Å². The van der Waals surface area contributed by atoms with Crippen LogP contribution < -0.4 is 5.32 Å². The number of aromatic nitrogens is 2. The van der Waals surface area contributed by atoms with Gasteiger partial charge in [0, 0.05) is 51.0 Å². The third kappa shape index (κ3) is 7.20. The van der Waals surface area contributed by atoms with E-state index in [0.29, 0.717) is 26.2 Å². The Hall–Kier alpha value is -3.58. The summed E-state index contributed by atoms with van der Waals surface area (Å²) in [6, 6.07) is 20.7. The van der Waals surface area contributed by atoms with Crippen LogP contribution in [0.1, 0.15) is 53.2 Å². The molecule has 1 aliphatic heterocycles. The third-order valence-corrected chi connectivity index (χ3v) is 6.29. The molecule has 35 heavy (non-hydrogen) atoms. The fourth-order valence-corrected chi connectivity index (χ4v) is 4.46. The molecule has 0 radical (unpaired) electrons. The lowest BCUT2D eigenvalue weighted by atomic mass is 9.88. The molecule has 1 aromatic heterocycles. The van der Waals surface area contributed by atoms with Crippen molar-refractivity contribution in [3.63, 3.8) is 0 Å². The molecular formula is C28H32N4O3. The van der Waals surface area contributed by atoms with Gasteiger partial charge in [-0.25, -0.2) is 4.98 Å². The highest BCUT2D eigenvalue weighted by molar-refractivity contribution is 5.92. The molecule has 182 valence electrons. The molecule has 4 rings (SSSR count). The lowest BCUT2D eigenvalue weighted by Gasteiger charge is -2.25. The van der Waals surface area contributed by atoms with Crippen molar-refractivity contribution in [1.82, 2.24) is 20.2 Å². The van der Waals surface area contributed by atoms with Crippen LogP contribution in [-0.2, 0) is 9.53 Å². The van der Waals surface area contributed by atoms with Crippen LogP contribution in [0.2, 0.25) is 0 Å². The molecule has 0 spiro atoms. The maximum absolute atomic E-state index is 13.0. The topological polar surface area (TPSA) is 84.4 Å². The average molecular weight is 473 g/mol. The number of rotatable bonds is 11. The highest BCUT2D eigenvalue weighted by atomic mass is 16.5. The Morgan fingerprint density at radius 3 is 2.34 bits per heavy atom. The minimum Gasteiger partial charge on any atom is -0.376 e. The van der Waals surface area contributed by atoms with Crippen molar-refractivity contribution >= 4 is 11.8 Å². The molecular weight excluding hydrogens is 440 g/mol. The molecule has 0 saturated carbocycles. The molecule has 7 nitrogen and oxygen atoms in total. The van der Waals surface area contributed by atoms with Gasteiger partial charge in [0.15, 0.2) is 0 Å². The zero-order valence-corrected chi connectivity index (χ0v) is 19.9. The van der Waals surface area contributed by atoms with Gasteiger partial charge in [0.25, 0.3) is 5.91 Å². The molecule has 2 heterocycles. The van der Waals surface area contributed by atoms with Gasteiger partial charge in [0.1, 0.15) is 5.69 Å². The van der Waals surface area contributed by atoms with Crippen LogP contribution in [0.4, 0.5) is 0 Å². The van der Waals surface area contributed by atoms with Crippen LogP contribution in [-0.4, -0.2) is 59.0 Å². The fraction of sp³-hybridized carbons (Fsp3) is 0.357. The Balaban J connectivity index is 1.32. The Kier molecular flexibility index (Phi) is 8.95. The van der Waals surface area contributed by atoms with Crippen LogP contribution in [0.15, 0.2) is 79.3 Å². The predicted octanol–water partition coefficient (Wildman–Crippen LogP) is 3.83. The largest absolute Gasteiger partial charge is 0.376 e. The van der Waals surface area contributed by atoms with E-state index in [0.717, 1.165) is 19.3 Å². The molecule has 1 unspecified atom stereocenters. The molecule has 1 atom stereocenters. The van der Waals surface area contributed by atoms with Gasteiger partial charge in [-0.3, -0.25) is 14.6 Å². The molecule has 1 N–H and O–H groups in total. The maximum Gasteiger partial charge on any atom is 0.274 e. The molecule has 3 aromatic rings. The SMILES string of the molecule is O=C(CCN(CC1CCCO1)C(=O)c1cnccn1)NCCC(c1ccccc1)c1ccccc1. The molecule has 1 fully saturated rings. The quantitative estimate of drug-likeness (QED) is 0.459. The van der Waals surface area contributed by atoms with Gasteiger partial charge >= 0.3 is 0 Å². The van der Waals surface area contributed by atoms with Crippen molar-refractivity contribution in [3.8, 4) is 0 Å². The third-order valence-electron chi connectivity index (χ3n) is 6.29. The minimum absolute atomic E-state index is 0.00353. The summed E-state index contributed by atoms with van der Waals surface area (Å²) in [7, 11) is 0. The van der Waals surface area contributed by atoms with Crippen molar-refractivity contribution < 1.29 is 14.3 Å². The molecule has 0 aliphatic carbocycles. The van der Waals surface area contributed by atoms with Crippen molar-refractivity contribution in [2.45, 2.75) is 37.7 Å². The van der Waals surface area contributed by atoms with Gasteiger partial charge in [-0.2, -0.15) is 0 Å². The van der Waals surface area contributed by atoms with E-state index < -0.39 is 0 Å². The number of amides is 2. The zero-order valence-electron chi connectivity index (χ0n) is 19.9. The molecule has 1 aliphatic rings. The summed E-state index contributed by atoms with van der Waals surface area (Å²) in [6.45, 7) is 2.02. The maximum atomic E-state index is 13.0. The smallest absolute Gasteiger partial charge is 0.274 e. The summed E-state index contributed by atoms with van der Waals surface area (Å²) < 4.78 is 5.72. The number of hydrogen-bond acceptors (Lipinski definition) is 5. The lowest BCUT2D eigenvalue weighted by Crippen LogP contribution is -2.40. The standard InChI is InChI=1S/C28H32N4O3/c33-27(31-15-13-25(22-8-3-1-4-9-22)23-10-5-2-6-11-23)14-18-32(21-24-12-7-19-35-24)28(34)26-20-29-16-17-30-26/h1-6,8-11,16-17,20,24-25H,7,12-15,18-19,21H2,(H,31,33). The first-order valence-electron chi connectivity index (χ1n) is 12.2. The van der Waals surface area contributed by atoms with E-state index >= 15 is 0 Å². The number of carbonyl (C=O) groups excluding carboxylic acids is 2. The first kappa shape index (κ1) is 24.5. The number of hydrogen-bond donors (Lipinski definition) is 1. The minimum atomic E-state index is -0.227. The fourth-order valence-electron chi connectivity index (χ4n) is 4.46. The lowest BCUT2D eigenvalue weighted by molar-refractivity contribution is -0.121. The van der Waals surface area contributed by atoms with Crippen LogP contribution in [0.3, 0.4) is 0 Å². The number of carbonyl (C=O) groups is 2. The van der Waals surface area contributed by atoms with E-state index in [1.807, 2.05) is 36.4 Å². The number of benzene rings is 2. The Morgan fingerprint density at radius 2 is 1.74 bits per heavy atom. The van der Waals surface area contributed by atoms with E-state index in [1.165, 1.54) is 29.7 Å². The van der Waals surface area contributed by atoms with Crippen molar-refractivity contribution in [2.75, 3.05) is 26.2 Å². The van der Waals surface area contributed by atoms with E-state index in [4.69, 9.17) is 4.74 Å². The molecule has 7 heteroatoms. The van der Waals surface area contributed by atoms with Crippen molar-refractivity contribution in [2.24, 2.45) is 0 Å². The van der Waals surface area contributed by atoms with E-state index in [1.54, 1.807) is 4.90 Å². The first-order valence-corrected chi connectivity index (χ1v) is 12.2. The van der Waals surface area contributed by atoms with Crippen LogP contribution >= 0.6 is 0 Å². The second-order valence-electron chi connectivity index (χ2n) is 8.74. The normalized spacial score (nSPS) is 15.2. The Morgan fingerprint density at radius 1 is 1.03 bits per heavy atom. The van der Waals surface area contributed by atoms with Gasteiger partial charge in [-0.05, 0) is 30.4 Å². The number of nitrogens with one attached hydrogen (secondary N) is 1. The molecule has 1 saturated heterocycles. The number of ether oxygens (including phenoxy) is 1. The highest BCUT2D eigenvalue weighted by Gasteiger charge is 2.25. The summed E-state index contributed by atoms with van der Waals surface area (Å²) in [4.78, 5) is 35.5. The van der Waals surface area contributed by atoms with Gasteiger partial charge in [-0.1, -0.05) is 60.7 Å². The summed E-state index contributed by atoms with van der Waals surface area (Å²) in [5.41, 5.74) is 2.73. The zero-order chi connectivity index (χ0) is 24.3. The van der Waals surface area contributed by atoms with Crippen LogP contribution in [0.25, 0.3) is 0 Å². The second kappa shape index (κ2) is 12.8. The Labute approximate surface area is 206 Å². The van der Waals surface area contributed by atoms with E-state index in [-0.39, 0.29) is 36.0 Å². The van der Waals surface area contributed by atoms with E-state index in [2.05, 4.69) is 39.6 Å². The number of nitrogens with zero attached hydrogens (tertiary/aromatic N) is 3. The molecule has 0 bridgehead atoms.